The SMILES string of the molecule is CCOC(=O)c1ccccc1-c1ccc(CC(OC[C@H]2O[C@@H](n3ccc4c(N)nc(Cl)nc43)[C@@H](F)[C@@H]2O)(C(=O)O)C(=O)O)cc1. The average Bonchev–Trinajstić information content (AvgIpc) is 3.55. The zero-order chi connectivity index (χ0) is 32.5. The molecule has 5 rings (SSSR count). The van der Waals surface area contributed by atoms with E-state index in [0.29, 0.717) is 22.1 Å². The molecular weight excluding hydrogens is 615 g/mol. The van der Waals surface area contributed by atoms with Crippen molar-refractivity contribution < 1.29 is 48.3 Å². The maximum absolute atomic E-state index is 15.3. The van der Waals surface area contributed by atoms with Gasteiger partial charge in [-0.1, -0.05) is 42.5 Å². The number of hydrogen-bond donors (Lipinski definition) is 4. The van der Waals surface area contributed by atoms with Crippen molar-refractivity contribution in [1.82, 2.24) is 14.5 Å². The number of hydrogen-bond acceptors (Lipinski definition) is 10. The van der Waals surface area contributed by atoms with Gasteiger partial charge in [-0.3, -0.25) is 0 Å². The van der Waals surface area contributed by atoms with E-state index < -0.39 is 61.1 Å². The van der Waals surface area contributed by atoms with Crippen LogP contribution in [0, 0.1) is 0 Å². The number of carbonyl (C=O) groups excluding carboxylic acids is 1. The van der Waals surface area contributed by atoms with Crippen molar-refractivity contribution in [3.05, 3.63) is 77.2 Å². The number of halogens is 2. The molecule has 1 aliphatic heterocycles. The van der Waals surface area contributed by atoms with Crippen LogP contribution >= 0.6 is 11.6 Å². The fraction of sp³-hybridized carbons (Fsp3) is 0.300. The van der Waals surface area contributed by atoms with Gasteiger partial charge < -0.3 is 39.8 Å². The summed E-state index contributed by atoms with van der Waals surface area (Å²) in [6.07, 6.45) is -5.94. The fourth-order valence-electron chi connectivity index (χ4n) is 5.15. The topological polar surface area (TPSA) is 196 Å². The Hall–Kier alpha value is -4.63. The molecule has 4 atom stereocenters. The minimum absolute atomic E-state index is 0.0431. The number of benzene rings is 2. The molecule has 0 aliphatic carbocycles. The molecule has 5 N–H and O–H groups in total. The quantitative estimate of drug-likeness (QED) is 0.106. The number of aliphatic hydroxyl groups excluding tert-OH is 1. The van der Waals surface area contributed by atoms with Crippen LogP contribution in [0.4, 0.5) is 10.2 Å². The van der Waals surface area contributed by atoms with Gasteiger partial charge in [0.2, 0.25) is 5.28 Å². The van der Waals surface area contributed by atoms with Crippen LogP contribution in [0.15, 0.2) is 60.8 Å². The molecule has 236 valence electrons. The number of aliphatic hydroxyl groups is 1. The van der Waals surface area contributed by atoms with Gasteiger partial charge >= 0.3 is 17.9 Å². The van der Waals surface area contributed by atoms with E-state index in [1.807, 2.05) is 0 Å². The van der Waals surface area contributed by atoms with Gasteiger partial charge in [-0.15, -0.1) is 0 Å². The average molecular weight is 643 g/mol. The van der Waals surface area contributed by atoms with E-state index in [1.165, 1.54) is 29.0 Å². The van der Waals surface area contributed by atoms with E-state index in [9.17, 15) is 29.7 Å². The molecule has 45 heavy (non-hydrogen) atoms. The second-order valence-electron chi connectivity index (χ2n) is 10.2. The number of nitrogens with two attached hydrogens (primary N) is 1. The Balaban J connectivity index is 1.35. The van der Waals surface area contributed by atoms with Crippen LogP contribution in [0.3, 0.4) is 0 Å². The molecule has 0 bridgehead atoms. The molecule has 1 fully saturated rings. The monoisotopic (exact) mass is 642 g/mol. The highest BCUT2D eigenvalue weighted by Crippen LogP contribution is 2.36. The molecule has 15 heteroatoms. The lowest BCUT2D eigenvalue weighted by Crippen LogP contribution is -2.52. The summed E-state index contributed by atoms with van der Waals surface area (Å²) in [4.78, 5) is 45.0. The first-order chi connectivity index (χ1) is 21.5. The summed E-state index contributed by atoms with van der Waals surface area (Å²) in [7, 11) is 0. The van der Waals surface area contributed by atoms with Crippen molar-refractivity contribution in [2.75, 3.05) is 18.9 Å². The number of nitrogens with zero attached hydrogens (tertiary/aromatic N) is 3. The largest absolute Gasteiger partial charge is 0.479 e. The Morgan fingerprint density at radius 3 is 2.44 bits per heavy atom. The zero-order valence-corrected chi connectivity index (χ0v) is 24.4. The molecule has 0 unspecified atom stereocenters. The number of fused-ring (bicyclic) bond motifs is 1. The molecule has 0 amide bonds. The van der Waals surface area contributed by atoms with Gasteiger partial charge in [-0.25, -0.2) is 23.8 Å². The number of esters is 1. The highest BCUT2D eigenvalue weighted by Gasteiger charge is 2.52. The minimum atomic E-state index is -2.81. The van der Waals surface area contributed by atoms with Crippen molar-refractivity contribution in [3.63, 3.8) is 0 Å². The van der Waals surface area contributed by atoms with E-state index >= 15 is 4.39 Å². The van der Waals surface area contributed by atoms with Crippen molar-refractivity contribution in [2.24, 2.45) is 0 Å². The molecule has 0 spiro atoms. The maximum atomic E-state index is 15.3. The number of carbonyl (C=O) groups is 3. The highest BCUT2D eigenvalue weighted by molar-refractivity contribution is 6.28. The Morgan fingerprint density at radius 2 is 1.78 bits per heavy atom. The van der Waals surface area contributed by atoms with Gasteiger partial charge in [-0.05, 0) is 47.3 Å². The van der Waals surface area contributed by atoms with Gasteiger partial charge in [-0.2, -0.15) is 4.98 Å². The lowest BCUT2D eigenvalue weighted by atomic mass is 9.92. The summed E-state index contributed by atoms with van der Waals surface area (Å²) in [5.41, 5.74) is 4.95. The summed E-state index contributed by atoms with van der Waals surface area (Å²) >= 11 is 5.90. The Morgan fingerprint density at radius 1 is 1.09 bits per heavy atom. The van der Waals surface area contributed by atoms with E-state index in [-0.39, 0.29) is 28.9 Å². The van der Waals surface area contributed by atoms with Gasteiger partial charge in [0, 0.05) is 12.6 Å². The fourth-order valence-corrected chi connectivity index (χ4v) is 5.32. The minimum Gasteiger partial charge on any atom is -0.479 e. The third kappa shape index (κ3) is 6.04. The first-order valence-corrected chi connectivity index (χ1v) is 14.1. The van der Waals surface area contributed by atoms with Crippen LogP contribution in [0.5, 0.6) is 0 Å². The molecule has 0 radical (unpaired) electrons. The van der Waals surface area contributed by atoms with Crippen LogP contribution in [-0.2, 0) is 30.2 Å². The van der Waals surface area contributed by atoms with E-state index in [4.69, 9.17) is 31.5 Å². The normalized spacial score (nSPS) is 19.9. The van der Waals surface area contributed by atoms with Gasteiger partial charge in [0.25, 0.3) is 5.60 Å². The number of carboxylic acid groups (broad SMARTS) is 2. The predicted octanol–water partition coefficient (Wildman–Crippen LogP) is 3.27. The zero-order valence-electron chi connectivity index (χ0n) is 23.7. The third-order valence-corrected chi connectivity index (χ3v) is 7.64. The van der Waals surface area contributed by atoms with Crippen LogP contribution in [0.2, 0.25) is 5.28 Å². The second kappa shape index (κ2) is 12.8. The molecule has 1 saturated heterocycles. The Bertz CT molecular complexity index is 1740. The number of alkyl halides is 1. The number of aliphatic carboxylic acids is 2. The van der Waals surface area contributed by atoms with Crippen LogP contribution in [0.1, 0.15) is 29.1 Å². The molecular formula is C30H28ClFN4O9. The van der Waals surface area contributed by atoms with Gasteiger partial charge in [0.15, 0.2) is 12.4 Å². The maximum Gasteiger partial charge on any atom is 0.348 e. The summed E-state index contributed by atoms with van der Waals surface area (Å²) in [5.74, 6) is -4.10. The summed E-state index contributed by atoms with van der Waals surface area (Å²) < 4.78 is 32.8. The van der Waals surface area contributed by atoms with Crippen molar-refractivity contribution in [3.8, 4) is 11.1 Å². The van der Waals surface area contributed by atoms with Crippen molar-refractivity contribution >= 4 is 46.4 Å². The van der Waals surface area contributed by atoms with Crippen LogP contribution in [0.25, 0.3) is 22.2 Å². The molecule has 13 nitrogen and oxygen atoms in total. The Labute approximate surface area is 259 Å². The summed E-state index contributed by atoms with van der Waals surface area (Å²) in [5, 5.41) is 30.8. The number of carboxylic acids is 2. The first-order valence-electron chi connectivity index (χ1n) is 13.7. The number of aromatic nitrogens is 3. The summed E-state index contributed by atoms with van der Waals surface area (Å²) in [6, 6.07) is 14.5. The van der Waals surface area contributed by atoms with E-state index in [1.54, 1.807) is 43.3 Å². The smallest absolute Gasteiger partial charge is 0.348 e. The van der Waals surface area contributed by atoms with Gasteiger partial charge in [0.1, 0.15) is 23.7 Å². The summed E-state index contributed by atoms with van der Waals surface area (Å²) in [6.45, 7) is 1.10. The molecule has 4 aromatic rings. The predicted molar refractivity (Wildman–Crippen MR) is 157 cm³/mol. The Kier molecular flexibility index (Phi) is 9.02. The number of ether oxygens (including phenoxy) is 3. The number of rotatable bonds is 11. The second-order valence-corrected chi connectivity index (χ2v) is 10.6. The molecule has 2 aromatic heterocycles. The van der Waals surface area contributed by atoms with Crippen molar-refractivity contribution in [2.45, 2.75) is 43.6 Å². The van der Waals surface area contributed by atoms with Crippen molar-refractivity contribution in [1.29, 1.82) is 0 Å². The third-order valence-electron chi connectivity index (χ3n) is 7.47. The molecule has 2 aromatic carbocycles. The highest BCUT2D eigenvalue weighted by atomic mass is 35.5. The number of nitrogen functional groups attached to an aromatic ring is 1. The first kappa shape index (κ1) is 31.8. The number of anilines is 1. The standard InChI is InChI=1S/C30H28ClFN4O9/c1-2-43-26(38)18-6-4-3-5-17(18)16-9-7-15(8-10-16)13-30(27(39)40,28(41)42)44-14-20-22(37)21(32)25(45-20)36-12-11-19-23(33)34-29(31)35-24(19)36/h3-12,20-22,25,37H,2,13-14H2,1H3,(H,39,40)(H,41,42)(H2,33,34,35)/t20-,21+,22-,25-/m1/s1. The lowest BCUT2D eigenvalue weighted by Gasteiger charge is -2.27. The molecule has 1 aliphatic rings. The molecule has 3 heterocycles. The van der Waals surface area contributed by atoms with Crippen LogP contribution < -0.4 is 5.73 Å². The van der Waals surface area contributed by atoms with E-state index in [2.05, 4.69) is 9.97 Å². The van der Waals surface area contributed by atoms with Crippen LogP contribution in [-0.4, -0.2) is 85.0 Å². The molecule has 0 saturated carbocycles. The van der Waals surface area contributed by atoms with E-state index in [0.717, 1.165) is 0 Å². The van der Waals surface area contributed by atoms with Gasteiger partial charge in [0.05, 0.1) is 24.2 Å². The lowest BCUT2D eigenvalue weighted by molar-refractivity contribution is -0.190.